The maximum atomic E-state index is 13.7. The molecule has 2 aromatic heterocycles. The lowest BCUT2D eigenvalue weighted by molar-refractivity contribution is -0.0684. The van der Waals surface area contributed by atoms with Gasteiger partial charge in [-0.2, -0.15) is 5.10 Å². The van der Waals surface area contributed by atoms with Crippen LogP contribution in [-0.2, 0) is 18.8 Å². The van der Waals surface area contributed by atoms with Gasteiger partial charge in [0, 0.05) is 56.0 Å². The summed E-state index contributed by atoms with van der Waals surface area (Å²) in [7, 11) is 7.92. The number of ether oxygens (including phenoxy) is 1. The molecule has 2 atom stereocenters. The van der Waals surface area contributed by atoms with Crippen LogP contribution >= 0.6 is 0 Å². The standard InChI is InChI=1S/C21H27N5O2/c1-23(2)14-19-20(15-11-22-25(4)12-15)26(9-10-28-19)21(27)17-13-24(3)18-8-6-5-7-16(17)18/h5-8,11-13,19-20H,9-10,14H2,1-4H3/t19-,20-/m0/s1. The summed E-state index contributed by atoms with van der Waals surface area (Å²) in [6.07, 6.45) is 5.65. The van der Waals surface area contributed by atoms with Crippen LogP contribution in [0.3, 0.4) is 0 Å². The number of morpholine rings is 1. The molecule has 148 valence electrons. The minimum Gasteiger partial charge on any atom is -0.373 e. The molecule has 3 aromatic rings. The molecule has 7 heteroatoms. The predicted octanol–water partition coefficient (Wildman–Crippen LogP) is 2.06. The Morgan fingerprint density at radius 2 is 2.04 bits per heavy atom. The molecular formula is C21H27N5O2. The van der Waals surface area contributed by atoms with Crippen molar-refractivity contribution < 1.29 is 9.53 Å². The van der Waals surface area contributed by atoms with Crippen molar-refractivity contribution in [2.75, 3.05) is 33.8 Å². The first-order valence-corrected chi connectivity index (χ1v) is 9.55. The molecule has 0 aliphatic carbocycles. The van der Waals surface area contributed by atoms with E-state index in [0.29, 0.717) is 13.2 Å². The molecule has 4 rings (SSSR count). The molecule has 0 radical (unpaired) electrons. The fourth-order valence-electron chi connectivity index (χ4n) is 4.13. The molecule has 1 aromatic carbocycles. The Balaban J connectivity index is 1.75. The van der Waals surface area contributed by atoms with Crippen LogP contribution in [0.25, 0.3) is 10.9 Å². The number of nitrogens with zero attached hydrogens (tertiary/aromatic N) is 5. The first-order chi connectivity index (χ1) is 13.5. The van der Waals surface area contributed by atoms with E-state index >= 15 is 0 Å². The molecule has 0 N–H and O–H groups in total. The molecule has 1 amide bonds. The van der Waals surface area contributed by atoms with Gasteiger partial charge in [0.1, 0.15) is 0 Å². The summed E-state index contributed by atoms with van der Waals surface area (Å²) in [6.45, 7) is 1.83. The number of amides is 1. The SMILES string of the molecule is CN(C)C[C@@H]1OCCN(C(=O)c2cn(C)c3ccccc23)[C@H]1c1cnn(C)c1. The number of para-hydroxylation sites is 1. The van der Waals surface area contributed by atoms with Gasteiger partial charge in [0.2, 0.25) is 0 Å². The molecule has 28 heavy (non-hydrogen) atoms. The quantitative estimate of drug-likeness (QED) is 0.694. The summed E-state index contributed by atoms with van der Waals surface area (Å²) in [4.78, 5) is 17.7. The largest absolute Gasteiger partial charge is 0.373 e. The highest BCUT2D eigenvalue weighted by molar-refractivity contribution is 6.07. The highest BCUT2D eigenvalue weighted by Gasteiger charge is 2.38. The Morgan fingerprint density at radius 1 is 1.25 bits per heavy atom. The van der Waals surface area contributed by atoms with Gasteiger partial charge in [0.25, 0.3) is 5.91 Å². The monoisotopic (exact) mass is 381 g/mol. The van der Waals surface area contributed by atoms with Crippen molar-refractivity contribution in [1.29, 1.82) is 0 Å². The number of hydrogen-bond donors (Lipinski definition) is 0. The molecule has 1 aliphatic heterocycles. The van der Waals surface area contributed by atoms with Crippen molar-refractivity contribution in [2.45, 2.75) is 12.1 Å². The van der Waals surface area contributed by atoms with Crippen LogP contribution in [-0.4, -0.2) is 70.0 Å². The van der Waals surface area contributed by atoms with Gasteiger partial charge in [-0.25, -0.2) is 0 Å². The van der Waals surface area contributed by atoms with Gasteiger partial charge in [-0.05, 0) is 20.2 Å². The number of carbonyl (C=O) groups is 1. The van der Waals surface area contributed by atoms with Crippen molar-refractivity contribution in [3.8, 4) is 0 Å². The zero-order valence-electron chi connectivity index (χ0n) is 16.9. The number of hydrogen-bond acceptors (Lipinski definition) is 4. The summed E-state index contributed by atoms with van der Waals surface area (Å²) in [5.74, 6) is 0.0395. The van der Waals surface area contributed by atoms with Crippen LogP contribution in [0, 0.1) is 0 Å². The van der Waals surface area contributed by atoms with Gasteiger partial charge in [0.15, 0.2) is 0 Å². The number of aromatic nitrogens is 3. The van der Waals surface area contributed by atoms with Crippen molar-refractivity contribution in [3.63, 3.8) is 0 Å². The average Bonchev–Trinajstić information content (AvgIpc) is 3.24. The van der Waals surface area contributed by atoms with Crippen LogP contribution < -0.4 is 0 Å². The lowest BCUT2D eigenvalue weighted by Crippen LogP contribution is -2.51. The third-order valence-corrected chi connectivity index (χ3v) is 5.35. The normalized spacial score (nSPS) is 20.2. The number of likely N-dealkylation sites (N-methyl/N-ethyl adjacent to an activating group) is 1. The lowest BCUT2D eigenvalue weighted by atomic mass is 9.99. The molecule has 0 saturated carbocycles. The van der Waals surface area contributed by atoms with E-state index in [-0.39, 0.29) is 18.1 Å². The summed E-state index contributed by atoms with van der Waals surface area (Å²) in [5, 5.41) is 5.31. The Kier molecular flexibility index (Phi) is 4.95. The summed E-state index contributed by atoms with van der Waals surface area (Å²) >= 11 is 0. The Morgan fingerprint density at radius 3 is 2.75 bits per heavy atom. The van der Waals surface area contributed by atoms with Gasteiger partial charge < -0.3 is 19.1 Å². The zero-order chi connectivity index (χ0) is 19.8. The molecule has 0 unspecified atom stereocenters. The van der Waals surface area contributed by atoms with Gasteiger partial charge in [-0.1, -0.05) is 18.2 Å². The average molecular weight is 381 g/mol. The van der Waals surface area contributed by atoms with Crippen molar-refractivity contribution in [3.05, 3.63) is 54.0 Å². The van der Waals surface area contributed by atoms with Crippen molar-refractivity contribution in [1.82, 2.24) is 24.1 Å². The Bertz CT molecular complexity index is 990. The highest BCUT2D eigenvalue weighted by Crippen LogP contribution is 2.32. The third-order valence-electron chi connectivity index (χ3n) is 5.35. The minimum absolute atomic E-state index is 0.0395. The van der Waals surface area contributed by atoms with E-state index in [4.69, 9.17) is 4.74 Å². The number of rotatable bonds is 4. The van der Waals surface area contributed by atoms with E-state index in [9.17, 15) is 4.79 Å². The second kappa shape index (κ2) is 7.41. The molecule has 0 bridgehead atoms. The summed E-state index contributed by atoms with van der Waals surface area (Å²) in [5.41, 5.74) is 2.79. The maximum absolute atomic E-state index is 13.7. The first-order valence-electron chi connectivity index (χ1n) is 9.55. The molecular weight excluding hydrogens is 354 g/mol. The number of benzene rings is 1. The van der Waals surface area contributed by atoms with Gasteiger partial charge in [-0.3, -0.25) is 9.48 Å². The second-order valence-corrected chi connectivity index (χ2v) is 7.73. The van der Waals surface area contributed by atoms with Crippen LogP contribution in [0.15, 0.2) is 42.9 Å². The van der Waals surface area contributed by atoms with Gasteiger partial charge in [-0.15, -0.1) is 0 Å². The van der Waals surface area contributed by atoms with Gasteiger partial charge >= 0.3 is 0 Å². The van der Waals surface area contributed by atoms with E-state index in [0.717, 1.165) is 28.6 Å². The lowest BCUT2D eigenvalue weighted by Gasteiger charge is -2.41. The molecule has 1 saturated heterocycles. The van der Waals surface area contributed by atoms with Crippen molar-refractivity contribution in [2.24, 2.45) is 14.1 Å². The fraction of sp³-hybridized carbons (Fsp3) is 0.429. The van der Waals surface area contributed by atoms with Gasteiger partial charge in [0.05, 0.1) is 30.5 Å². The summed E-state index contributed by atoms with van der Waals surface area (Å²) in [6, 6.07) is 7.86. The topological polar surface area (TPSA) is 55.5 Å². The maximum Gasteiger partial charge on any atom is 0.256 e. The Labute approximate surface area is 165 Å². The van der Waals surface area contributed by atoms with Crippen LogP contribution in [0.4, 0.5) is 0 Å². The predicted molar refractivity (Wildman–Crippen MR) is 108 cm³/mol. The molecule has 7 nitrogen and oxygen atoms in total. The number of aryl methyl sites for hydroxylation is 2. The number of carbonyl (C=O) groups excluding carboxylic acids is 1. The van der Waals surface area contributed by atoms with E-state index in [2.05, 4.69) is 10.00 Å². The van der Waals surface area contributed by atoms with E-state index in [1.807, 2.05) is 80.5 Å². The minimum atomic E-state index is -0.170. The van der Waals surface area contributed by atoms with Crippen LogP contribution in [0.2, 0.25) is 0 Å². The molecule has 1 fully saturated rings. The van der Waals surface area contributed by atoms with Crippen LogP contribution in [0.1, 0.15) is 22.0 Å². The Hall–Kier alpha value is -2.64. The smallest absolute Gasteiger partial charge is 0.256 e. The van der Waals surface area contributed by atoms with E-state index in [1.165, 1.54) is 0 Å². The molecule has 1 aliphatic rings. The summed E-state index contributed by atoms with van der Waals surface area (Å²) < 4.78 is 9.88. The van der Waals surface area contributed by atoms with E-state index in [1.54, 1.807) is 4.68 Å². The molecule has 3 heterocycles. The highest BCUT2D eigenvalue weighted by atomic mass is 16.5. The third kappa shape index (κ3) is 3.31. The van der Waals surface area contributed by atoms with E-state index < -0.39 is 0 Å². The molecule has 0 spiro atoms. The zero-order valence-corrected chi connectivity index (χ0v) is 16.9. The second-order valence-electron chi connectivity index (χ2n) is 7.73. The van der Waals surface area contributed by atoms with Crippen molar-refractivity contribution >= 4 is 16.8 Å². The fourth-order valence-corrected chi connectivity index (χ4v) is 4.13. The van der Waals surface area contributed by atoms with Crippen LogP contribution in [0.5, 0.6) is 0 Å². The first kappa shape index (κ1) is 18.7. The number of fused-ring (bicyclic) bond motifs is 1.